The van der Waals surface area contributed by atoms with Crippen molar-refractivity contribution in [2.75, 3.05) is 13.1 Å². The van der Waals surface area contributed by atoms with Crippen molar-refractivity contribution in [3.8, 4) is 0 Å². The van der Waals surface area contributed by atoms with Gasteiger partial charge in [0.2, 0.25) is 5.91 Å². The number of carbonyl (C=O) groups is 1. The summed E-state index contributed by atoms with van der Waals surface area (Å²) in [6.45, 7) is 5.26. The molecule has 0 fully saturated rings. The van der Waals surface area contributed by atoms with E-state index in [1.807, 2.05) is 6.92 Å². The molecule has 0 aromatic carbocycles. The van der Waals surface area contributed by atoms with Gasteiger partial charge >= 0.3 is 0 Å². The zero-order valence-corrected chi connectivity index (χ0v) is 8.10. The molecule has 1 atom stereocenters. The summed E-state index contributed by atoms with van der Waals surface area (Å²) in [6, 6.07) is 0. The molecule has 0 spiro atoms. The van der Waals surface area contributed by atoms with Crippen LogP contribution in [0.25, 0.3) is 0 Å². The summed E-state index contributed by atoms with van der Waals surface area (Å²) >= 11 is 0. The van der Waals surface area contributed by atoms with Gasteiger partial charge in [0.05, 0.1) is 0 Å². The highest BCUT2D eigenvalue weighted by Gasteiger charge is 2.13. The molecule has 0 aliphatic carbocycles. The van der Waals surface area contributed by atoms with E-state index in [9.17, 15) is 4.79 Å². The van der Waals surface area contributed by atoms with Crippen LogP contribution in [0.5, 0.6) is 0 Å². The van der Waals surface area contributed by atoms with Crippen LogP contribution in [0.3, 0.4) is 0 Å². The Labute approximate surface area is 74.7 Å². The lowest BCUT2D eigenvalue weighted by molar-refractivity contribution is -0.125. The summed E-state index contributed by atoms with van der Waals surface area (Å²) in [5.74, 6) is 0.339. The van der Waals surface area contributed by atoms with E-state index in [2.05, 4.69) is 12.2 Å². The fourth-order valence-corrected chi connectivity index (χ4v) is 1.21. The maximum absolute atomic E-state index is 11.4. The van der Waals surface area contributed by atoms with Gasteiger partial charge in [0.25, 0.3) is 0 Å². The minimum absolute atomic E-state index is 0.157. The lowest BCUT2D eigenvalue weighted by Gasteiger charge is -2.12. The lowest BCUT2D eigenvalue weighted by Crippen LogP contribution is -2.34. The van der Waals surface area contributed by atoms with Gasteiger partial charge in [0, 0.05) is 19.0 Å². The molecule has 0 bridgehead atoms. The van der Waals surface area contributed by atoms with Crippen LogP contribution in [-0.2, 0) is 4.79 Å². The summed E-state index contributed by atoms with van der Waals surface area (Å²) in [4.78, 5) is 11.4. The van der Waals surface area contributed by atoms with Crippen LogP contribution in [0.15, 0.2) is 0 Å². The molecule has 0 saturated carbocycles. The van der Waals surface area contributed by atoms with Crippen molar-refractivity contribution in [3.05, 3.63) is 0 Å². The van der Waals surface area contributed by atoms with E-state index in [-0.39, 0.29) is 11.8 Å². The van der Waals surface area contributed by atoms with E-state index < -0.39 is 0 Å². The average Bonchev–Trinajstić information content (AvgIpc) is 2.10. The zero-order valence-electron chi connectivity index (χ0n) is 8.10. The third-order valence-corrected chi connectivity index (χ3v) is 1.94. The van der Waals surface area contributed by atoms with Crippen molar-refractivity contribution < 1.29 is 4.79 Å². The van der Waals surface area contributed by atoms with Crippen LogP contribution in [0, 0.1) is 5.92 Å². The molecular weight excluding hydrogens is 152 g/mol. The standard InChI is InChI=1S/C9H20N2O/c1-3-5-8(4-2)9(12)11-7-6-10/h8H,3-7,10H2,1-2H3,(H,11,12)/t8-/m0/s1. The molecule has 3 N–H and O–H groups in total. The van der Waals surface area contributed by atoms with Crippen molar-refractivity contribution in [2.45, 2.75) is 33.1 Å². The first-order chi connectivity index (χ1) is 5.76. The van der Waals surface area contributed by atoms with Gasteiger partial charge in [0.15, 0.2) is 0 Å². The van der Waals surface area contributed by atoms with Crippen molar-refractivity contribution >= 4 is 5.91 Å². The molecule has 0 aliphatic rings. The van der Waals surface area contributed by atoms with Crippen molar-refractivity contribution in [1.29, 1.82) is 0 Å². The van der Waals surface area contributed by atoms with E-state index in [0.717, 1.165) is 19.3 Å². The fraction of sp³-hybridized carbons (Fsp3) is 0.889. The third-order valence-electron chi connectivity index (χ3n) is 1.94. The van der Waals surface area contributed by atoms with E-state index >= 15 is 0 Å². The molecule has 0 aliphatic heterocycles. The second kappa shape index (κ2) is 7.10. The molecule has 0 unspecified atom stereocenters. The van der Waals surface area contributed by atoms with Gasteiger partial charge in [-0.3, -0.25) is 4.79 Å². The molecule has 0 radical (unpaired) electrons. The Morgan fingerprint density at radius 2 is 2.17 bits per heavy atom. The van der Waals surface area contributed by atoms with Gasteiger partial charge in [0.1, 0.15) is 0 Å². The van der Waals surface area contributed by atoms with Crippen molar-refractivity contribution in [2.24, 2.45) is 11.7 Å². The predicted octanol–water partition coefficient (Wildman–Crippen LogP) is 0.888. The minimum atomic E-state index is 0.157. The number of hydrogen-bond donors (Lipinski definition) is 2. The monoisotopic (exact) mass is 172 g/mol. The molecule has 0 saturated heterocycles. The summed E-state index contributed by atoms with van der Waals surface area (Å²) < 4.78 is 0. The van der Waals surface area contributed by atoms with Gasteiger partial charge < -0.3 is 11.1 Å². The molecule has 3 nitrogen and oxygen atoms in total. The minimum Gasteiger partial charge on any atom is -0.355 e. The molecule has 0 aromatic heterocycles. The second-order valence-electron chi connectivity index (χ2n) is 2.97. The molecular formula is C9H20N2O. The Balaban J connectivity index is 3.69. The first-order valence-electron chi connectivity index (χ1n) is 4.74. The van der Waals surface area contributed by atoms with E-state index in [1.165, 1.54) is 0 Å². The van der Waals surface area contributed by atoms with E-state index in [1.54, 1.807) is 0 Å². The number of hydrogen-bond acceptors (Lipinski definition) is 2. The van der Waals surface area contributed by atoms with Gasteiger partial charge in [-0.1, -0.05) is 20.3 Å². The van der Waals surface area contributed by atoms with Gasteiger partial charge in [-0.05, 0) is 12.8 Å². The van der Waals surface area contributed by atoms with Crippen LogP contribution in [0.1, 0.15) is 33.1 Å². The number of carbonyl (C=O) groups excluding carboxylic acids is 1. The topological polar surface area (TPSA) is 55.1 Å². The summed E-state index contributed by atoms with van der Waals surface area (Å²) in [7, 11) is 0. The summed E-state index contributed by atoms with van der Waals surface area (Å²) in [6.07, 6.45) is 2.96. The van der Waals surface area contributed by atoms with Gasteiger partial charge in [-0.25, -0.2) is 0 Å². The summed E-state index contributed by atoms with van der Waals surface area (Å²) in [5.41, 5.74) is 5.28. The molecule has 3 heteroatoms. The molecule has 72 valence electrons. The maximum Gasteiger partial charge on any atom is 0.223 e. The van der Waals surface area contributed by atoms with Gasteiger partial charge in [-0.15, -0.1) is 0 Å². The summed E-state index contributed by atoms with van der Waals surface area (Å²) in [5, 5.41) is 2.80. The Bertz CT molecular complexity index is 126. The van der Waals surface area contributed by atoms with E-state index in [0.29, 0.717) is 13.1 Å². The van der Waals surface area contributed by atoms with Crippen molar-refractivity contribution in [3.63, 3.8) is 0 Å². The Morgan fingerprint density at radius 3 is 2.58 bits per heavy atom. The SMILES string of the molecule is CCC[C@H](CC)C(=O)NCCN. The molecule has 12 heavy (non-hydrogen) atoms. The van der Waals surface area contributed by atoms with Crippen LogP contribution >= 0.6 is 0 Å². The molecule has 0 heterocycles. The number of nitrogens with two attached hydrogens (primary N) is 1. The van der Waals surface area contributed by atoms with Crippen LogP contribution < -0.4 is 11.1 Å². The predicted molar refractivity (Wildman–Crippen MR) is 50.8 cm³/mol. The number of nitrogens with one attached hydrogen (secondary N) is 1. The van der Waals surface area contributed by atoms with Crippen LogP contribution in [0.2, 0.25) is 0 Å². The first kappa shape index (κ1) is 11.4. The van der Waals surface area contributed by atoms with E-state index in [4.69, 9.17) is 5.73 Å². The van der Waals surface area contributed by atoms with Crippen LogP contribution in [0.4, 0.5) is 0 Å². The Hall–Kier alpha value is -0.570. The smallest absolute Gasteiger partial charge is 0.223 e. The van der Waals surface area contributed by atoms with Gasteiger partial charge in [-0.2, -0.15) is 0 Å². The lowest BCUT2D eigenvalue weighted by atomic mass is 10.00. The first-order valence-corrected chi connectivity index (χ1v) is 4.74. The molecule has 0 aromatic rings. The second-order valence-corrected chi connectivity index (χ2v) is 2.97. The zero-order chi connectivity index (χ0) is 9.40. The normalized spacial score (nSPS) is 12.6. The quantitative estimate of drug-likeness (QED) is 0.625. The highest BCUT2D eigenvalue weighted by atomic mass is 16.1. The average molecular weight is 172 g/mol. The third kappa shape index (κ3) is 4.34. The number of rotatable bonds is 6. The number of amides is 1. The van der Waals surface area contributed by atoms with Crippen molar-refractivity contribution in [1.82, 2.24) is 5.32 Å². The van der Waals surface area contributed by atoms with Crippen LogP contribution in [-0.4, -0.2) is 19.0 Å². The molecule has 0 rings (SSSR count). The Morgan fingerprint density at radius 1 is 1.50 bits per heavy atom. The fourth-order valence-electron chi connectivity index (χ4n) is 1.21. The Kier molecular flexibility index (Phi) is 6.76. The highest BCUT2D eigenvalue weighted by molar-refractivity contribution is 5.78. The highest BCUT2D eigenvalue weighted by Crippen LogP contribution is 2.09. The largest absolute Gasteiger partial charge is 0.355 e. The maximum atomic E-state index is 11.4. The molecule has 1 amide bonds.